The zero-order valence-corrected chi connectivity index (χ0v) is 10.7. The third-order valence-electron chi connectivity index (χ3n) is 2.67. The van der Waals surface area contributed by atoms with E-state index in [9.17, 15) is 4.91 Å². The summed E-state index contributed by atoms with van der Waals surface area (Å²) < 4.78 is 10.5. The quantitative estimate of drug-likeness (QED) is 0.827. The van der Waals surface area contributed by atoms with Crippen LogP contribution >= 0.6 is 0 Å². The molecule has 2 aromatic rings. The number of anilines is 2. The van der Waals surface area contributed by atoms with Gasteiger partial charge in [-0.15, -0.1) is 4.91 Å². The number of methoxy groups -OCH3 is 2. The van der Waals surface area contributed by atoms with E-state index in [0.717, 1.165) is 5.69 Å². The predicted octanol–water partition coefficient (Wildman–Crippen LogP) is 3.85. The lowest BCUT2D eigenvalue weighted by Crippen LogP contribution is -1.97. The molecule has 0 spiro atoms. The molecule has 0 saturated heterocycles. The SMILES string of the molecule is COc1ccccc1Nc1cccc(N=O)c1OC. The maximum Gasteiger partial charge on any atom is 0.171 e. The largest absolute Gasteiger partial charge is 0.495 e. The maximum atomic E-state index is 10.7. The number of nitroso groups, excluding NO2 is 1. The van der Waals surface area contributed by atoms with Crippen LogP contribution in [-0.4, -0.2) is 14.2 Å². The summed E-state index contributed by atoms with van der Waals surface area (Å²) in [6.07, 6.45) is 0. The number of nitrogens with zero attached hydrogens (tertiary/aromatic N) is 1. The number of hydrogen-bond acceptors (Lipinski definition) is 5. The molecule has 0 heterocycles. The monoisotopic (exact) mass is 258 g/mol. The molecule has 0 aliphatic heterocycles. The van der Waals surface area contributed by atoms with Crippen molar-refractivity contribution in [3.8, 4) is 11.5 Å². The number of rotatable bonds is 5. The Morgan fingerprint density at radius 1 is 0.947 bits per heavy atom. The van der Waals surface area contributed by atoms with E-state index in [2.05, 4.69) is 10.5 Å². The van der Waals surface area contributed by atoms with Gasteiger partial charge in [-0.2, -0.15) is 0 Å². The summed E-state index contributed by atoms with van der Waals surface area (Å²) in [5, 5.41) is 6.11. The van der Waals surface area contributed by atoms with Gasteiger partial charge in [0, 0.05) is 0 Å². The molecular formula is C14H14N2O3. The van der Waals surface area contributed by atoms with Crippen LogP contribution < -0.4 is 14.8 Å². The molecule has 5 heteroatoms. The Hall–Kier alpha value is -2.56. The second-order valence-electron chi connectivity index (χ2n) is 3.77. The van der Waals surface area contributed by atoms with Crippen molar-refractivity contribution >= 4 is 17.1 Å². The molecule has 0 bridgehead atoms. The van der Waals surface area contributed by atoms with Gasteiger partial charge in [-0.1, -0.05) is 18.2 Å². The highest BCUT2D eigenvalue weighted by Gasteiger charge is 2.11. The molecule has 1 N–H and O–H groups in total. The van der Waals surface area contributed by atoms with E-state index in [0.29, 0.717) is 17.2 Å². The number of hydrogen-bond donors (Lipinski definition) is 1. The number of ether oxygens (including phenoxy) is 2. The van der Waals surface area contributed by atoms with Crippen LogP contribution in [0.3, 0.4) is 0 Å². The van der Waals surface area contributed by atoms with E-state index < -0.39 is 0 Å². The second kappa shape index (κ2) is 5.86. The Morgan fingerprint density at radius 2 is 1.68 bits per heavy atom. The van der Waals surface area contributed by atoms with Gasteiger partial charge < -0.3 is 14.8 Å². The van der Waals surface area contributed by atoms with E-state index in [1.54, 1.807) is 25.3 Å². The fourth-order valence-corrected chi connectivity index (χ4v) is 1.80. The summed E-state index contributed by atoms with van der Waals surface area (Å²) in [6, 6.07) is 12.6. The maximum absolute atomic E-state index is 10.7. The molecule has 2 aromatic carbocycles. The molecular weight excluding hydrogens is 244 g/mol. The van der Waals surface area contributed by atoms with Gasteiger partial charge >= 0.3 is 0 Å². The van der Waals surface area contributed by atoms with E-state index >= 15 is 0 Å². The highest BCUT2D eigenvalue weighted by atomic mass is 16.5. The highest BCUT2D eigenvalue weighted by molar-refractivity contribution is 5.75. The second-order valence-corrected chi connectivity index (χ2v) is 3.77. The molecule has 0 amide bonds. The lowest BCUT2D eigenvalue weighted by molar-refractivity contribution is 0.415. The molecule has 0 atom stereocenters. The molecule has 0 aliphatic carbocycles. The van der Waals surface area contributed by atoms with E-state index in [4.69, 9.17) is 9.47 Å². The Kier molecular flexibility index (Phi) is 3.97. The van der Waals surface area contributed by atoms with Gasteiger partial charge in [0.05, 0.1) is 25.6 Å². The zero-order chi connectivity index (χ0) is 13.7. The smallest absolute Gasteiger partial charge is 0.171 e. The third-order valence-corrected chi connectivity index (χ3v) is 2.67. The van der Waals surface area contributed by atoms with Gasteiger partial charge in [0.1, 0.15) is 5.75 Å². The van der Waals surface area contributed by atoms with Crippen LogP contribution in [0.25, 0.3) is 0 Å². The minimum atomic E-state index is 0.252. The lowest BCUT2D eigenvalue weighted by atomic mass is 10.2. The van der Waals surface area contributed by atoms with Crippen LogP contribution in [0.4, 0.5) is 17.1 Å². The molecule has 0 unspecified atom stereocenters. The van der Waals surface area contributed by atoms with Gasteiger partial charge in [0.2, 0.25) is 0 Å². The lowest BCUT2D eigenvalue weighted by Gasteiger charge is -2.14. The molecule has 98 valence electrons. The van der Waals surface area contributed by atoms with Crippen LogP contribution in [0, 0.1) is 4.91 Å². The van der Waals surface area contributed by atoms with Crippen LogP contribution in [0.1, 0.15) is 0 Å². The average molecular weight is 258 g/mol. The number of benzene rings is 2. The molecule has 5 nitrogen and oxygen atoms in total. The topological polar surface area (TPSA) is 59.9 Å². The van der Waals surface area contributed by atoms with Crippen molar-refractivity contribution in [2.45, 2.75) is 0 Å². The molecule has 19 heavy (non-hydrogen) atoms. The van der Waals surface area contributed by atoms with Gasteiger partial charge in [-0.05, 0) is 29.4 Å². The van der Waals surface area contributed by atoms with Gasteiger partial charge in [-0.25, -0.2) is 0 Å². The summed E-state index contributed by atoms with van der Waals surface area (Å²) in [5.41, 5.74) is 1.69. The summed E-state index contributed by atoms with van der Waals surface area (Å²) in [7, 11) is 3.10. The number of nitrogens with one attached hydrogen (secondary N) is 1. The minimum absolute atomic E-state index is 0.252. The van der Waals surface area contributed by atoms with Crippen molar-refractivity contribution in [1.82, 2.24) is 0 Å². The molecule has 0 aliphatic rings. The van der Waals surface area contributed by atoms with Crippen molar-refractivity contribution in [3.63, 3.8) is 0 Å². The van der Waals surface area contributed by atoms with E-state index in [1.807, 2.05) is 24.3 Å². The van der Waals surface area contributed by atoms with Crippen LogP contribution in [0.15, 0.2) is 47.6 Å². The predicted molar refractivity (Wildman–Crippen MR) is 74.7 cm³/mol. The first-order valence-corrected chi connectivity index (χ1v) is 5.70. The Bertz CT molecular complexity index is 585. The van der Waals surface area contributed by atoms with Crippen molar-refractivity contribution in [3.05, 3.63) is 47.4 Å². The van der Waals surface area contributed by atoms with Crippen molar-refractivity contribution in [2.24, 2.45) is 5.18 Å². The van der Waals surface area contributed by atoms with Gasteiger partial charge in [-0.3, -0.25) is 0 Å². The van der Waals surface area contributed by atoms with Crippen molar-refractivity contribution in [2.75, 3.05) is 19.5 Å². The van der Waals surface area contributed by atoms with Crippen LogP contribution in [0.5, 0.6) is 11.5 Å². The highest BCUT2D eigenvalue weighted by Crippen LogP contribution is 2.38. The Balaban J connectivity index is 2.40. The molecule has 0 radical (unpaired) electrons. The molecule has 0 fully saturated rings. The molecule has 0 saturated carbocycles. The normalized spacial score (nSPS) is 9.79. The first-order valence-electron chi connectivity index (χ1n) is 5.70. The summed E-state index contributed by atoms with van der Waals surface area (Å²) in [4.78, 5) is 10.7. The third kappa shape index (κ3) is 2.65. The van der Waals surface area contributed by atoms with E-state index in [-0.39, 0.29) is 5.69 Å². The van der Waals surface area contributed by atoms with Gasteiger partial charge in [0.15, 0.2) is 11.4 Å². The fourth-order valence-electron chi connectivity index (χ4n) is 1.80. The minimum Gasteiger partial charge on any atom is -0.495 e. The number of para-hydroxylation sites is 3. The first-order chi connectivity index (χ1) is 9.30. The zero-order valence-electron chi connectivity index (χ0n) is 10.7. The van der Waals surface area contributed by atoms with E-state index in [1.165, 1.54) is 7.11 Å². The Labute approximate surface area is 111 Å². The summed E-state index contributed by atoms with van der Waals surface area (Å²) in [6.45, 7) is 0. The van der Waals surface area contributed by atoms with Crippen LogP contribution in [0.2, 0.25) is 0 Å². The summed E-state index contributed by atoms with van der Waals surface area (Å²) in [5.74, 6) is 1.11. The van der Waals surface area contributed by atoms with Crippen molar-refractivity contribution < 1.29 is 9.47 Å². The standard InChI is InChI=1S/C14H14N2O3/c1-18-13-9-4-3-6-10(13)15-11-7-5-8-12(16-17)14(11)19-2/h3-9,15H,1-2H3. The van der Waals surface area contributed by atoms with Gasteiger partial charge in [0.25, 0.3) is 0 Å². The first kappa shape index (κ1) is 12.9. The van der Waals surface area contributed by atoms with Crippen molar-refractivity contribution in [1.29, 1.82) is 0 Å². The molecule has 0 aromatic heterocycles. The summed E-state index contributed by atoms with van der Waals surface area (Å²) >= 11 is 0. The average Bonchev–Trinajstić information content (AvgIpc) is 2.47. The fraction of sp³-hybridized carbons (Fsp3) is 0.143. The Morgan fingerprint density at radius 3 is 2.37 bits per heavy atom. The molecule has 2 rings (SSSR count). The van der Waals surface area contributed by atoms with Crippen LogP contribution in [-0.2, 0) is 0 Å².